The highest BCUT2D eigenvalue weighted by molar-refractivity contribution is 6.05. The number of anilines is 2. The predicted molar refractivity (Wildman–Crippen MR) is 102 cm³/mol. The van der Waals surface area contributed by atoms with Crippen LogP contribution in [0.15, 0.2) is 36.7 Å². The van der Waals surface area contributed by atoms with Gasteiger partial charge in [0.15, 0.2) is 0 Å². The van der Waals surface area contributed by atoms with Crippen LogP contribution in [0.3, 0.4) is 0 Å². The summed E-state index contributed by atoms with van der Waals surface area (Å²) in [4.78, 5) is 19.3. The van der Waals surface area contributed by atoms with Crippen molar-refractivity contribution in [1.29, 1.82) is 0 Å². The molecule has 26 heavy (non-hydrogen) atoms. The van der Waals surface area contributed by atoms with Gasteiger partial charge in [0.1, 0.15) is 11.5 Å². The third-order valence-electron chi connectivity index (χ3n) is 4.61. The molecular weight excluding hydrogens is 330 g/mol. The molecule has 0 spiro atoms. The second-order valence-electron chi connectivity index (χ2n) is 6.35. The van der Waals surface area contributed by atoms with Crippen molar-refractivity contribution in [3.63, 3.8) is 0 Å². The van der Waals surface area contributed by atoms with E-state index in [9.17, 15) is 4.79 Å². The summed E-state index contributed by atoms with van der Waals surface area (Å²) in [7, 11) is 3.15. The fourth-order valence-corrected chi connectivity index (χ4v) is 3.15. The topological polar surface area (TPSA) is 63.7 Å². The van der Waals surface area contributed by atoms with Gasteiger partial charge in [-0.15, -0.1) is 0 Å². The molecule has 6 heteroatoms. The second kappa shape index (κ2) is 8.56. The van der Waals surface area contributed by atoms with E-state index in [1.807, 2.05) is 12.3 Å². The molecule has 2 aromatic rings. The van der Waals surface area contributed by atoms with Crippen LogP contribution in [0, 0.1) is 0 Å². The maximum Gasteiger partial charge on any atom is 0.257 e. The number of methoxy groups -OCH3 is 2. The van der Waals surface area contributed by atoms with E-state index in [1.165, 1.54) is 25.7 Å². The largest absolute Gasteiger partial charge is 0.497 e. The van der Waals surface area contributed by atoms with Crippen molar-refractivity contribution in [3.05, 3.63) is 42.2 Å². The van der Waals surface area contributed by atoms with Crippen molar-refractivity contribution >= 4 is 17.3 Å². The highest BCUT2D eigenvalue weighted by Gasteiger charge is 2.15. The van der Waals surface area contributed by atoms with E-state index in [-0.39, 0.29) is 5.91 Å². The number of ether oxygens (including phenoxy) is 2. The first-order valence-electron chi connectivity index (χ1n) is 8.94. The normalized spacial score (nSPS) is 14.5. The number of rotatable bonds is 5. The van der Waals surface area contributed by atoms with Crippen molar-refractivity contribution in [2.24, 2.45) is 0 Å². The van der Waals surface area contributed by atoms with Crippen LogP contribution < -0.4 is 19.7 Å². The lowest BCUT2D eigenvalue weighted by atomic mass is 10.2. The van der Waals surface area contributed by atoms with Crippen molar-refractivity contribution in [1.82, 2.24) is 4.98 Å². The van der Waals surface area contributed by atoms with Crippen molar-refractivity contribution in [2.45, 2.75) is 25.7 Å². The molecule has 1 fully saturated rings. The minimum Gasteiger partial charge on any atom is -0.497 e. The van der Waals surface area contributed by atoms with Gasteiger partial charge in [-0.25, -0.2) is 0 Å². The predicted octanol–water partition coefficient (Wildman–Crippen LogP) is 3.73. The minimum absolute atomic E-state index is 0.211. The summed E-state index contributed by atoms with van der Waals surface area (Å²) in [6, 6.07) is 7.19. The highest BCUT2D eigenvalue weighted by atomic mass is 16.5. The number of pyridine rings is 1. The van der Waals surface area contributed by atoms with Gasteiger partial charge in [-0.2, -0.15) is 0 Å². The van der Waals surface area contributed by atoms with Crippen LogP contribution >= 0.6 is 0 Å². The third-order valence-corrected chi connectivity index (χ3v) is 4.61. The summed E-state index contributed by atoms with van der Waals surface area (Å²) >= 11 is 0. The molecule has 0 unspecified atom stereocenters. The molecule has 1 N–H and O–H groups in total. The number of carbonyl (C=O) groups excluding carboxylic acids is 1. The van der Waals surface area contributed by atoms with Gasteiger partial charge in [-0.05, 0) is 31.0 Å². The van der Waals surface area contributed by atoms with Gasteiger partial charge in [-0.3, -0.25) is 9.78 Å². The van der Waals surface area contributed by atoms with Gasteiger partial charge < -0.3 is 19.7 Å². The molecule has 0 radical (unpaired) electrons. The quantitative estimate of drug-likeness (QED) is 0.885. The molecule has 3 rings (SSSR count). The van der Waals surface area contributed by atoms with E-state index in [4.69, 9.17) is 9.47 Å². The highest BCUT2D eigenvalue weighted by Crippen LogP contribution is 2.29. The molecule has 1 aromatic carbocycles. The van der Waals surface area contributed by atoms with Crippen molar-refractivity contribution < 1.29 is 14.3 Å². The molecule has 0 atom stereocenters. The Bertz CT molecular complexity index is 756. The fraction of sp³-hybridized carbons (Fsp3) is 0.400. The Balaban J connectivity index is 1.77. The molecule has 2 heterocycles. The maximum atomic E-state index is 12.7. The summed E-state index contributed by atoms with van der Waals surface area (Å²) in [5.41, 5.74) is 2.13. The Labute approximate surface area is 154 Å². The first-order chi connectivity index (χ1) is 12.7. The summed E-state index contributed by atoms with van der Waals surface area (Å²) in [5.74, 6) is 1.01. The molecule has 138 valence electrons. The molecule has 1 aliphatic rings. The number of hydrogen-bond donors (Lipinski definition) is 1. The van der Waals surface area contributed by atoms with Crippen LogP contribution in [0.4, 0.5) is 11.4 Å². The van der Waals surface area contributed by atoms with Crippen LogP contribution in [0.25, 0.3) is 0 Å². The average molecular weight is 355 g/mol. The first-order valence-corrected chi connectivity index (χ1v) is 8.94. The van der Waals surface area contributed by atoms with Gasteiger partial charge in [0.25, 0.3) is 5.91 Å². The number of benzene rings is 1. The maximum absolute atomic E-state index is 12.7. The molecule has 0 aliphatic carbocycles. The number of nitrogens with zero attached hydrogens (tertiary/aromatic N) is 2. The van der Waals surface area contributed by atoms with Gasteiger partial charge in [0, 0.05) is 25.4 Å². The fourth-order valence-electron chi connectivity index (χ4n) is 3.15. The lowest BCUT2D eigenvalue weighted by Gasteiger charge is -2.22. The molecule has 6 nitrogen and oxygen atoms in total. The van der Waals surface area contributed by atoms with Crippen LogP contribution in [-0.2, 0) is 0 Å². The lowest BCUT2D eigenvalue weighted by molar-refractivity contribution is 0.102. The standard InChI is InChI=1S/C20H25N3O3/c1-25-17-7-8-18(19(12-17)26-2)22-20(24)15-11-16(14-21-13-15)23-9-5-3-4-6-10-23/h7-8,11-14H,3-6,9-10H2,1-2H3,(H,22,24). The zero-order valence-electron chi connectivity index (χ0n) is 15.3. The molecule has 0 saturated carbocycles. The summed E-state index contributed by atoms with van der Waals surface area (Å²) < 4.78 is 10.5. The molecule has 0 bridgehead atoms. The molecule has 1 amide bonds. The first kappa shape index (κ1) is 18.0. The lowest BCUT2D eigenvalue weighted by Crippen LogP contribution is -2.24. The summed E-state index contributed by atoms with van der Waals surface area (Å²) in [5, 5.41) is 2.89. The molecule has 1 saturated heterocycles. The van der Waals surface area contributed by atoms with Crippen molar-refractivity contribution in [3.8, 4) is 11.5 Å². The smallest absolute Gasteiger partial charge is 0.257 e. The SMILES string of the molecule is COc1ccc(NC(=O)c2cncc(N3CCCCCC3)c2)c(OC)c1. The summed E-state index contributed by atoms with van der Waals surface area (Å²) in [6.45, 7) is 2.03. The van der Waals surface area contributed by atoms with Gasteiger partial charge in [-0.1, -0.05) is 12.8 Å². The minimum atomic E-state index is -0.211. The number of hydrogen-bond acceptors (Lipinski definition) is 5. The number of amides is 1. The van der Waals surface area contributed by atoms with E-state index in [0.717, 1.165) is 18.8 Å². The Hall–Kier alpha value is -2.76. The third kappa shape index (κ3) is 4.25. The zero-order valence-corrected chi connectivity index (χ0v) is 15.3. The van der Waals surface area contributed by atoms with E-state index < -0.39 is 0 Å². The Morgan fingerprint density at radius 2 is 1.81 bits per heavy atom. The summed E-state index contributed by atoms with van der Waals surface area (Å²) in [6.07, 6.45) is 8.31. The van der Waals surface area contributed by atoms with Gasteiger partial charge >= 0.3 is 0 Å². The Kier molecular flexibility index (Phi) is 5.94. The van der Waals surface area contributed by atoms with Crippen molar-refractivity contribution in [2.75, 3.05) is 37.5 Å². The van der Waals surface area contributed by atoms with Crippen LogP contribution in [0.2, 0.25) is 0 Å². The van der Waals surface area contributed by atoms with E-state index in [0.29, 0.717) is 22.7 Å². The number of aromatic nitrogens is 1. The monoisotopic (exact) mass is 355 g/mol. The number of carbonyl (C=O) groups is 1. The molecule has 1 aliphatic heterocycles. The molecular formula is C20H25N3O3. The van der Waals surface area contributed by atoms with E-state index >= 15 is 0 Å². The Morgan fingerprint density at radius 1 is 1.04 bits per heavy atom. The van der Waals surface area contributed by atoms with E-state index in [2.05, 4.69) is 15.2 Å². The van der Waals surface area contributed by atoms with Crippen LogP contribution in [-0.4, -0.2) is 38.2 Å². The zero-order chi connectivity index (χ0) is 18.4. The molecule has 1 aromatic heterocycles. The second-order valence-corrected chi connectivity index (χ2v) is 6.35. The van der Waals surface area contributed by atoms with Gasteiger partial charge in [0.2, 0.25) is 0 Å². The van der Waals surface area contributed by atoms with Gasteiger partial charge in [0.05, 0.1) is 37.4 Å². The van der Waals surface area contributed by atoms with Crippen LogP contribution in [0.1, 0.15) is 36.0 Å². The number of nitrogens with one attached hydrogen (secondary N) is 1. The average Bonchev–Trinajstić information content (AvgIpc) is 2.98. The van der Waals surface area contributed by atoms with Crippen LogP contribution in [0.5, 0.6) is 11.5 Å². The Morgan fingerprint density at radius 3 is 2.50 bits per heavy atom. The van der Waals surface area contributed by atoms with E-state index in [1.54, 1.807) is 38.6 Å².